The predicted molar refractivity (Wildman–Crippen MR) is 58.7 cm³/mol. The number of hydrogen-bond acceptors (Lipinski definition) is 2. The van der Waals surface area contributed by atoms with Crippen molar-refractivity contribution < 1.29 is 9.13 Å². The number of rotatable bonds is 5. The fourth-order valence-electron chi connectivity index (χ4n) is 2.81. The zero-order valence-corrected chi connectivity index (χ0v) is 9.84. The monoisotopic (exact) mass is 215 g/mol. The van der Waals surface area contributed by atoms with E-state index in [1.54, 1.807) is 0 Å². The predicted octanol–water partition coefficient (Wildman–Crippen LogP) is 2.24. The molecular formula is C12H22FNO. The molecule has 2 fully saturated rings. The number of ether oxygens (including phenoxy) is 1. The van der Waals surface area contributed by atoms with E-state index in [1.165, 1.54) is 0 Å². The van der Waals surface area contributed by atoms with Crippen molar-refractivity contribution in [3.8, 4) is 0 Å². The number of likely N-dealkylation sites (tertiary alicyclic amines) is 1. The van der Waals surface area contributed by atoms with Crippen molar-refractivity contribution in [3.05, 3.63) is 0 Å². The van der Waals surface area contributed by atoms with Gasteiger partial charge >= 0.3 is 0 Å². The van der Waals surface area contributed by atoms with E-state index in [1.807, 2.05) is 0 Å². The highest BCUT2D eigenvalue weighted by Gasteiger charge is 2.52. The van der Waals surface area contributed by atoms with Gasteiger partial charge in [0, 0.05) is 31.7 Å². The van der Waals surface area contributed by atoms with Crippen LogP contribution in [-0.4, -0.2) is 43.4 Å². The van der Waals surface area contributed by atoms with Gasteiger partial charge in [0.15, 0.2) is 0 Å². The van der Waals surface area contributed by atoms with Gasteiger partial charge in [-0.3, -0.25) is 0 Å². The van der Waals surface area contributed by atoms with Crippen LogP contribution in [-0.2, 0) is 4.74 Å². The first-order valence-electron chi connectivity index (χ1n) is 6.08. The molecule has 1 aliphatic carbocycles. The SMILES string of the molecule is CC(C)OCCCN1CC2(CC(F)C2)C1. The largest absolute Gasteiger partial charge is 0.379 e. The van der Waals surface area contributed by atoms with Crippen LogP contribution in [0, 0.1) is 5.41 Å². The quantitative estimate of drug-likeness (QED) is 0.652. The summed E-state index contributed by atoms with van der Waals surface area (Å²) in [6, 6.07) is 0. The Labute approximate surface area is 91.8 Å². The molecule has 0 bridgehead atoms. The molecule has 2 rings (SSSR count). The van der Waals surface area contributed by atoms with Crippen molar-refractivity contribution in [2.75, 3.05) is 26.2 Å². The van der Waals surface area contributed by atoms with Crippen molar-refractivity contribution in [2.24, 2.45) is 5.41 Å². The maximum atomic E-state index is 12.7. The first-order chi connectivity index (χ1) is 7.10. The third-order valence-corrected chi connectivity index (χ3v) is 3.50. The lowest BCUT2D eigenvalue weighted by atomic mass is 9.62. The van der Waals surface area contributed by atoms with E-state index in [9.17, 15) is 4.39 Å². The maximum absolute atomic E-state index is 12.7. The summed E-state index contributed by atoms with van der Waals surface area (Å²) in [7, 11) is 0. The van der Waals surface area contributed by atoms with Crippen molar-refractivity contribution in [3.63, 3.8) is 0 Å². The molecule has 0 N–H and O–H groups in total. The molecule has 1 heterocycles. The Kier molecular flexibility index (Phi) is 3.31. The Bertz CT molecular complexity index is 206. The van der Waals surface area contributed by atoms with Gasteiger partial charge in [-0.05, 0) is 33.1 Å². The second kappa shape index (κ2) is 4.38. The first-order valence-corrected chi connectivity index (χ1v) is 6.08. The van der Waals surface area contributed by atoms with E-state index in [0.29, 0.717) is 11.5 Å². The summed E-state index contributed by atoms with van der Waals surface area (Å²) < 4.78 is 18.2. The van der Waals surface area contributed by atoms with Gasteiger partial charge in [-0.1, -0.05) is 0 Å². The van der Waals surface area contributed by atoms with Crippen LogP contribution in [0.15, 0.2) is 0 Å². The second-order valence-electron chi connectivity index (χ2n) is 5.49. The van der Waals surface area contributed by atoms with Gasteiger partial charge in [-0.15, -0.1) is 0 Å². The molecule has 1 spiro atoms. The van der Waals surface area contributed by atoms with Crippen molar-refractivity contribution >= 4 is 0 Å². The molecule has 0 aromatic rings. The Morgan fingerprint density at radius 2 is 2.07 bits per heavy atom. The van der Waals surface area contributed by atoms with Gasteiger partial charge in [0.1, 0.15) is 6.17 Å². The highest BCUT2D eigenvalue weighted by atomic mass is 19.1. The summed E-state index contributed by atoms with van der Waals surface area (Å²) in [5, 5.41) is 0. The molecule has 2 aliphatic rings. The molecule has 1 saturated carbocycles. The lowest BCUT2D eigenvalue weighted by Crippen LogP contribution is -2.62. The molecule has 15 heavy (non-hydrogen) atoms. The topological polar surface area (TPSA) is 12.5 Å². The number of alkyl halides is 1. The summed E-state index contributed by atoms with van der Waals surface area (Å²) in [4.78, 5) is 2.43. The van der Waals surface area contributed by atoms with Crippen LogP contribution >= 0.6 is 0 Å². The van der Waals surface area contributed by atoms with E-state index in [4.69, 9.17) is 4.74 Å². The molecule has 1 saturated heterocycles. The Morgan fingerprint density at radius 3 is 2.60 bits per heavy atom. The molecular weight excluding hydrogens is 193 g/mol. The van der Waals surface area contributed by atoms with Crippen LogP contribution in [0.2, 0.25) is 0 Å². The highest BCUT2D eigenvalue weighted by molar-refractivity contribution is 5.04. The fourth-order valence-corrected chi connectivity index (χ4v) is 2.81. The average molecular weight is 215 g/mol. The molecule has 88 valence electrons. The van der Waals surface area contributed by atoms with Crippen LogP contribution in [0.4, 0.5) is 4.39 Å². The molecule has 0 amide bonds. The molecule has 0 radical (unpaired) electrons. The van der Waals surface area contributed by atoms with E-state index < -0.39 is 6.17 Å². The van der Waals surface area contributed by atoms with Gasteiger partial charge in [-0.2, -0.15) is 0 Å². The number of halogens is 1. The third-order valence-electron chi connectivity index (χ3n) is 3.50. The van der Waals surface area contributed by atoms with Crippen molar-refractivity contribution in [2.45, 2.75) is 45.4 Å². The van der Waals surface area contributed by atoms with Crippen LogP contribution < -0.4 is 0 Å². The van der Waals surface area contributed by atoms with Gasteiger partial charge < -0.3 is 9.64 Å². The second-order valence-corrected chi connectivity index (χ2v) is 5.49. The van der Waals surface area contributed by atoms with Crippen molar-refractivity contribution in [1.82, 2.24) is 4.90 Å². The number of nitrogens with zero attached hydrogens (tertiary/aromatic N) is 1. The molecule has 2 nitrogen and oxygen atoms in total. The Balaban J connectivity index is 1.49. The van der Waals surface area contributed by atoms with E-state index >= 15 is 0 Å². The molecule has 0 aromatic carbocycles. The summed E-state index contributed by atoms with van der Waals surface area (Å²) in [6.45, 7) is 8.34. The van der Waals surface area contributed by atoms with E-state index in [-0.39, 0.29) is 0 Å². The Morgan fingerprint density at radius 1 is 1.40 bits per heavy atom. The van der Waals surface area contributed by atoms with Gasteiger partial charge in [0.05, 0.1) is 6.10 Å². The minimum absolute atomic E-state index is 0.340. The minimum Gasteiger partial charge on any atom is -0.379 e. The van der Waals surface area contributed by atoms with Gasteiger partial charge in [0.2, 0.25) is 0 Å². The lowest BCUT2D eigenvalue weighted by molar-refractivity contribution is -0.104. The number of hydrogen-bond donors (Lipinski definition) is 0. The zero-order valence-electron chi connectivity index (χ0n) is 9.84. The van der Waals surface area contributed by atoms with Crippen LogP contribution in [0.1, 0.15) is 33.1 Å². The van der Waals surface area contributed by atoms with Gasteiger partial charge in [-0.25, -0.2) is 4.39 Å². The smallest absolute Gasteiger partial charge is 0.101 e. The summed E-state index contributed by atoms with van der Waals surface area (Å²) in [6.07, 6.45) is 2.56. The molecule has 0 unspecified atom stereocenters. The summed E-state index contributed by atoms with van der Waals surface area (Å²) >= 11 is 0. The highest BCUT2D eigenvalue weighted by Crippen LogP contribution is 2.49. The van der Waals surface area contributed by atoms with E-state index in [0.717, 1.165) is 45.5 Å². The van der Waals surface area contributed by atoms with Crippen molar-refractivity contribution in [1.29, 1.82) is 0 Å². The van der Waals surface area contributed by atoms with Crippen LogP contribution in [0.5, 0.6) is 0 Å². The average Bonchev–Trinajstić information content (AvgIpc) is 2.04. The fraction of sp³-hybridized carbons (Fsp3) is 1.00. The lowest BCUT2D eigenvalue weighted by Gasteiger charge is -2.57. The van der Waals surface area contributed by atoms with Gasteiger partial charge in [0.25, 0.3) is 0 Å². The standard InChI is InChI=1S/C12H22FNO/c1-10(2)15-5-3-4-14-8-12(9-14)6-11(13)7-12/h10-11H,3-9H2,1-2H3. The van der Waals surface area contributed by atoms with E-state index in [2.05, 4.69) is 18.7 Å². The van der Waals surface area contributed by atoms with Crippen LogP contribution in [0.25, 0.3) is 0 Å². The van der Waals surface area contributed by atoms with Crippen LogP contribution in [0.3, 0.4) is 0 Å². The minimum atomic E-state index is -0.503. The molecule has 0 aromatic heterocycles. The Hall–Kier alpha value is -0.150. The zero-order chi connectivity index (χ0) is 10.9. The normalized spacial score (nSPS) is 25.6. The first kappa shape index (κ1) is 11.3. The summed E-state index contributed by atoms with van der Waals surface area (Å²) in [5.74, 6) is 0. The third kappa shape index (κ3) is 2.70. The molecule has 0 atom stereocenters. The maximum Gasteiger partial charge on any atom is 0.101 e. The summed E-state index contributed by atoms with van der Waals surface area (Å²) in [5.41, 5.74) is 0.387. The molecule has 3 heteroatoms. The molecule has 1 aliphatic heterocycles.